The van der Waals surface area contributed by atoms with Crippen molar-refractivity contribution >= 4 is 23.3 Å². The van der Waals surface area contributed by atoms with Crippen molar-refractivity contribution in [2.45, 2.75) is 19.4 Å². The molecule has 0 N–H and O–H groups in total. The van der Waals surface area contributed by atoms with E-state index >= 15 is 0 Å². The molecule has 2 aromatic carbocycles. The highest BCUT2D eigenvalue weighted by Gasteiger charge is 2.27. The van der Waals surface area contributed by atoms with Gasteiger partial charge in [0, 0.05) is 29.2 Å². The minimum Gasteiger partial charge on any atom is -0.375 e. The summed E-state index contributed by atoms with van der Waals surface area (Å²) in [6.07, 6.45) is 0.909. The second kappa shape index (κ2) is 7.81. The van der Waals surface area contributed by atoms with Gasteiger partial charge >= 0.3 is 0 Å². The van der Waals surface area contributed by atoms with Crippen molar-refractivity contribution in [1.29, 1.82) is 0 Å². The summed E-state index contributed by atoms with van der Waals surface area (Å²) in [5.74, 6) is -0.305. The number of nitrogens with zero attached hydrogens (tertiary/aromatic N) is 1. The van der Waals surface area contributed by atoms with E-state index in [-0.39, 0.29) is 17.8 Å². The van der Waals surface area contributed by atoms with Gasteiger partial charge in [-0.15, -0.1) is 0 Å². The lowest BCUT2D eigenvalue weighted by Gasteiger charge is -2.32. The Hall–Kier alpha value is -2.17. The van der Waals surface area contributed by atoms with Gasteiger partial charge in [0.15, 0.2) is 5.78 Å². The largest absolute Gasteiger partial charge is 0.375 e. The number of carbonyl (C=O) groups excluding carboxylic acids is 2. The molecular formula is C20H20ClNO3. The second-order valence-corrected chi connectivity index (χ2v) is 6.47. The number of ketones is 1. The smallest absolute Gasteiger partial charge is 0.254 e. The average molecular weight is 358 g/mol. The van der Waals surface area contributed by atoms with Gasteiger partial charge in [0.05, 0.1) is 18.3 Å². The van der Waals surface area contributed by atoms with Crippen LogP contribution in [0.4, 0.5) is 0 Å². The summed E-state index contributed by atoms with van der Waals surface area (Å²) in [4.78, 5) is 27.6. The Kier molecular flexibility index (Phi) is 5.51. The van der Waals surface area contributed by atoms with Crippen molar-refractivity contribution in [2.24, 2.45) is 0 Å². The Morgan fingerprint density at radius 1 is 1.12 bits per heavy atom. The van der Waals surface area contributed by atoms with Crippen LogP contribution in [-0.4, -0.2) is 42.4 Å². The molecule has 5 heteroatoms. The highest BCUT2D eigenvalue weighted by molar-refractivity contribution is 6.30. The first-order valence-electron chi connectivity index (χ1n) is 8.40. The van der Waals surface area contributed by atoms with Gasteiger partial charge in [0.25, 0.3) is 5.91 Å². The Labute approximate surface area is 152 Å². The summed E-state index contributed by atoms with van der Waals surface area (Å²) >= 11 is 5.89. The number of hydrogen-bond donors (Lipinski definition) is 0. The first-order valence-corrected chi connectivity index (χ1v) is 8.78. The molecule has 1 aliphatic rings. The van der Waals surface area contributed by atoms with Crippen LogP contribution in [0.1, 0.15) is 39.6 Å². The lowest BCUT2D eigenvalue weighted by atomic mass is 9.97. The van der Waals surface area contributed by atoms with Crippen molar-refractivity contribution in [3.8, 4) is 0 Å². The average Bonchev–Trinajstić information content (AvgIpc) is 2.67. The minimum absolute atomic E-state index is 0.0526. The lowest BCUT2D eigenvalue weighted by Crippen LogP contribution is -2.45. The zero-order chi connectivity index (χ0) is 17.8. The number of benzene rings is 2. The molecule has 4 nitrogen and oxygen atoms in total. The van der Waals surface area contributed by atoms with Crippen molar-refractivity contribution in [2.75, 3.05) is 19.7 Å². The summed E-state index contributed by atoms with van der Waals surface area (Å²) in [5, 5.41) is 0.569. The van der Waals surface area contributed by atoms with Gasteiger partial charge in [0.2, 0.25) is 0 Å². The molecule has 0 spiro atoms. The molecule has 2 aromatic rings. The van der Waals surface area contributed by atoms with Crippen molar-refractivity contribution in [1.82, 2.24) is 4.90 Å². The number of rotatable bonds is 4. The van der Waals surface area contributed by atoms with Crippen LogP contribution >= 0.6 is 11.6 Å². The van der Waals surface area contributed by atoms with Crippen molar-refractivity contribution in [3.05, 3.63) is 70.2 Å². The highest BCUT2D eigenvalue weighted by atomic mass is 35.5. The monoisotopic (exact) mass is 357 g/mol. The fraction of sp³-hybridized carbons (Fsp3) is 0.300. The predicted molar refractivity (Wildman–Crippen MR) is 97.3 cm³/mol. The van der Waals surface area contributed by atoms with E-state index in [1.165, 1.54) is 0 Å². The van der Waals surface area contributed by atoms with Gasteiger partial charge in [0.1, 0.15) is 0 Å². The minimum atomic E-state index is -0.180. The van der Waals surface area contributed by atoms with Crippen LogP contribution < -0.4 is 0 Å². The highest BCUT2D eigenvalue weighted by Crippen LogP contribution is 2.20. The van der Waals surface area contributed by atoms with E-state index in [1.54, 1.807) is 53.4 Å². The van der Waals surface area contributed by atoms with E-state index in [2.05, 4.69) is 0 Å². The number of amides is 1. The third-order valence-corrected chi connectivity index (χ3v) is 4.64. The molecule has 1 heterocycles. The number of hydrogen-bond acceptors (Lipinski definition) is 3. The molecular weight excluding hydrogens is 338 g/mol. The molecule has 1 aliphatic heterocycles. The van der Waals surface area contributed by atoms with Gasteiger partial charge in [-0.25, -0.2) is 0 Å². The zero-order valence-corrected chi connectivity index (χ0v) is 14.8. The molecule has 1 atom stereocenters. The SMILES string of the molecule is CC[C@@H]1CN(C(=O)c2ccccc2C(=O)c2ccc(Cl)cc2)CCO1. The molecule has 0 aromatic heterocycles. The fourth-order valence-electron chi connectivity index (χ4n) is 2.95. The maximum atomic E-state index is 13.0. The van der Waals surface area contributed by atoms with Crippen LogP contribution in [0, 0.1) is 0 Å². The van der Waals surface area contributed by atoms with E-state index in [4.69, 9.17) is 16.3 Å². The molecule has 0 aliphatic carbocycles. The van der Waals surface area contributed by atoms with Crippen molar-refractivity contribution < 1.29 is 14.3 Å². The third kappa shape index (κ3) is 3.91. The van der Waals surface area contributed by atoms with Gasteiger partial charge in [-0.05, 0) is 36.8 Å². The Bertz CT molecular complexity index is 773. The Morgan fingerprint density at radius 2 is 1.80 bits per heavy atom. The van der Waals surface area contributed by atoms with Crippen LogP contribution in [0.3, 0.4) is 0 Å². The first-order chi connectivity index (χ1) is 12.1. The molecule has 1 fully saturated rings. The predicted octanol–water partition coefficient (Wildman–Crippen LogP) is 3.82. The summed E-state index contributed by atoms with van der Waals surface area (Å²) in [6.45, 7) is 3.66. The second-order valence-electron chi connectivity index (χ2n) is 6.03. The molecule has 25 heavy (non-hydrogen) atoms. The summed E-state index contributed by atoms with van der Waals surface area (Å²) in [7, 11) is 0. The zero-order valence-electron chi connectivity index (χ0n) is 14.1. The standard InChI is InChI=1S/C20H20ClNO3/c1-2-16-13-22(11-12-25-16)20(24)18-6-4-3-5-17(18)19(23)14-7-9-15(21)10-8-14/h3-10,16H,2,11-13H2,1H3/t16-/m1/s1. The van der Waals surface area contributed by atoms with Crippen LogP contribution in [-0.2, 0) is 4.74 Å². The summed E-state index contributed by atoms with van der Waals surface area (Å²) in [6, 6.07) is 13.7. The summed E-state index contributed by atoms with van der Waals surface area (Å²) < 4.78 is 5.63. The normalized spacial score (nSPS) is 17.4. The van der Waals surface area contributed by atoms with Crippen LogP contribution in [0.15, 0.2) is 48.5 Å². The van der Waals surface area contributed by atoms with Gasteiger partial charge < -0.3 is 9.64 Å². The van der Waals surface area contributed by atoms with E-state index < -0.39 is 0 Å². The molecule has 1 amide bonds. The lowest BCUT2D eigenvalue weighted by molar-refractivity contribution is -0.0226. The summed E-state index contributed by atoms with van der Waals surface area (Å²) in [5.41, 5.74) is 1.35. The van der Waals surface area contributed by atoms with Crippen LogP contribution in [0.5, 0.6) is 0 Å². The maximum Gasteiger partial charge on any atom is 0.254 e. The number of carbonyl (C=O) groups is 2. The van der Waals surface area contributed by atoms with Crippen molar-refractivity contribution in [3.63, 3.8) is 0 Å². The first kappa shape index (κ1) is 17.6. The maximum absolute atomic E-state index is 13.0. The van der Waals surface area contributed by atoms with Crippen LogP contribution in [0.2, 0.25) is 5.02 Å². The van der Waals surface area contributed by atoms with E-state index in [0.717, 1.165) is 6.42 Å². The van der Waals surface area contributed by atoms with Gasteiger partial charge in [-0.2, -0.15) is 0 Å². The molecule has 0 bridgehead atoms. The van der Waals surface area contributed by atoms with E-state index in [9.17, 15) is 9.59 Å². The Balaban J connectivity index is 1.89. The molecule has 0 saturated carbocycles. The van der Waals surface area contributed by atoms with Gasteiger partial charge in [-0.3, -0.25) is 9.59 Å². The molecule has 130 valence electrons. The number of halogens is 1. The molecule has 3 rings (SSSR count). The topological polar surface area (TPSA) is 46.6 Å². The van der Waals surface area contributed by atoms with E-state index in [1.807, 2.05) is 6.92 Å². The molecule has 0 radical (unpaired) electrons. The molecule has 0 unspecified atom stereocenters. The number of ether oxygens (including phenoxy) is 1. The fourth-order valence-corrected chi connectivity index (χ4v) is 3.07. The quantitative estimate of drug-likeness (QED) is 0.781. The third-order valence-electron chi connectivity index (χ3n) is 4.39. The Morgan fingerprint density at radius 3 is 2.48 bits per heavy atom. The molecule has 1 saturated heterocycles. The van der Waals surface area contributed by atoms with E-state index in [0.29, 0.717) is 41.4 Å². The van der Waals surface area contributed by atoms with Crippen LogP contribution in [0.25, 0.3) is 0 Å². The van der Waals surface area contributed by atoms with Gasteiger partial charge in [-0.1, -0.05) is 36.7 Å². The number of morpholine rings is 1.